The molecule has 5 aliphatic rings. The standard InChI is InChI=1S/C21H18O2/c1-23-19(22)21-16-11-15-17(18(16)21)20(15,21)14-9-7-13(8-10-14)12-5-3-2-4-6-12/h2-10,15-18H,11H2,1H3. The minimum absolute atomic E-state index is 0.0517. The highest BCUT2D eigenvalue weighted by Crippen LogP contribution is 3.04. The molecule has 0 saturated heterocycles. The van der Waals surface area contributed by atoms with Gasteiger partial charge in [0, 0.05) is 5.41 Å². The topological polar surface area (TPSA) is 26.3 Å². The molecule has 2 heteroatoms. The van der Waals surface area contributed by atoms with Crippen molar-refractivity contribution in [2.24, 2.45) is 29.1 Å². The number of esters is 1. The maximum absolute atomic E-state index is 12.5. The Bertz CT molecular complexity index is 828. The zero-order valence-electron chi connectivity index (χ0n) is 13.0. The van der Waals surface area contributed by atoms with Crippen LogP contribution in [0, 0.1) is 29.1 Å². The smallest absolute Gasteiger partial charge is 0.313 e. The quantitative estimate of drug-likeness (QED) is 0.809. The molecule has 0 radical (unpaired) electrons. The van der Waals surface area contributed by atoms with Crippen LogP contribution in [0.15, 0.2) is 54.6 Å². The molecule has 0 amide bonds. The lowest BCUT2D eigenvalue weighted by atomic mass is 9.68. The minimum Gasteiger partial charge on any atom is -0.469 e. The van der Waals surface area contributed by atoms with Crippen molar-refractivity contribution in [3.05, 3.63) is 60.2 Å². The Balaban J connectivity index is 1.41. The number of carbonyl (C=O) groups excluding carboxylic acids is 1. The van der Waals surface area contributed by atoms with Gasteiger partial charge in [-0.1, -0.05) is 54.6 Å². The molecular weight excluding hydrogens is 284 g/mol. The van der Waals surface area contributed by atoms with E-state index in [0.29, 0.717) is 11.8 Å². The Morgan fingerprint density at radius 3 is 2.26 bits per heavy atom. The van der Waals surface area contributed by atoms with Gasteiger partial charge < -0.3 is 4.74 Å². The molecule has 2 aromatic carbocycles. The van der Waals surface area contributed by atoms with Crippen LogP contribution in [0.4, 0.5) is 0 Å². The summed E-state index contributed by atoms with van der Waals surface area (Å²) in [7, 11) is 1.55. The van der Waals surface area contributed by atoms with Crippen molar-refractivity contribution in [1.82, 2.24) is 0 Å². The molecule has 6 unspecified atom stereocenters. The summed E-state index contributed by atoms with van der Waals surface area (Å²) < 4.78 is 5.19. The highest BCUT2D eigenvalue weighted by Gasteiger charge is 3.07. The van der Waals surface area contributed by atoms with Crippen LogP contribution in [0.2, 0.25) is 0 Å². The molecule has 5 fully saturated rings. The van der Waals surface area contributed by atoms with Gasteiger partial charge in [-0.05, 0) is 46.8 Å². The van der Waals surface area contributed by atoms with Gasteiger partial charge in [-0.3, -0.25) is 4.79 Å². The zero-order valence-corrected chi connectivity index (χ0v) is 13.0. The summed E-state index contributed by atoms with van der Waals surface area (Å²) in [6.45, 7) is 0. The van der Waals surface area contributed by atoms with E-state index in [-0.39, 0.29) is 16.8 Å². The largest absolute Gasteiger partial charge is 0.469 e. The number of methoxy groups -OCH3 is 1. The number of ether oxygens (including phenoxy) is 1. The summed E-state index contributed by atoms with van der Waals surface area (Å²) in [5, 5.41) is 0. The molecule has 2 nitrogen and oxygen atoms in total. The van der Waals surface area contributed by atoms with E-state index in [1.165, 1.54) is 23.1 Å². The van der Waals surface area contributed by atoms with Crippen molar-refractivity contribution in [3.8, 4) is 11.1 Å². The van der Waals surface area contributed by atoms with Crippen LogP contribution in [-0.2, 0) is 14.9 Å². The van der Waals surface area contributed by atoms with Gasteiger partial charge in [0.15, 0.2) is 0 Å². The molecular formula is C21H18O2. The van der Waals surface area contributed by atoms with Crippen molar-refractivity contribution < 1.29 is 9.53 Å². The highest BCUT2D eigenvalue weighted by atomic mass is 16.5. The molecule has 0 aromatic heterocycles. The third-order valence-electron chi connectivity index (χ3n) is 7.44. The third kappa shape index (κ3) is 1.03. The van der Waals surface area contributed by atoms with Crippen molar-refractivity contribution in [2.45, 2.75) is 11.8 Å². The van der Waals surface area contributed by atoms with E-state index in [9.17, 15) is 4.79 Å². The highest BCUT2D eigenvalue weighted by molar-refractivity contribution is 5.92. The molecule has 7 rings (SSSR count). The van der Waals surface area contributed by atoms with E-state index in [1.54, 1.807) is 7.11 Å². The number of carbonyl (C=O) groups is 1. The van der Waals surface area contributed by atoms with Crippen molar-refractivity contribution in [2.75, 3.05) is 7.11 Å². The molecule has 5 aliphatic carbocycles. The summed E-state index contributed by atoms with van der Waals surface area (Å²) in [6.07, 6.45) is 1.24. The Morgan fingerprint density at radius 2 is 1.65 bits per heavy atom. The predicted molar refractivity (Wildman–Crippen MR) is 86.6 cm³/mol. The van der Waals surface area contributed by atoms with Crippen LogP contribution >= 0.6 is 0 Å². The van der Waals surface area contributed by atoms with Gasteiger partial charge in [0.2, 0.25) is 0 Å². The molecule has 6 atom stereocenters. The van der Waals surface area contributed by atoms with Crippen LogP contribution < -0.4 is 0 Å². The Morgan fingerprint density at radius 1 is 0.957 bits per heavy atom. The van der Waals surface area contributed by atoms with Gasteiger partial charge in [-0.25, -0.2) is 0 Å². The Kier molecular flexibility index (Phi) is 1.89. The van der Waals surface area contributed by atoms with Gasteiger partial charge in [0.1, 0.15) is 0 Å². The molecule has 0 N–H and O–H groups in total. The van der Waals surface area contributed by atoms with Crippen LogP contribution in [0.3, 0.4) is 0 Å². The van der Waals surface area contributed by atoms with Gasteiger partial charge in [-0.2, -0.15) is 0 Å². The fraction of sp³-hybridized carbons (Fsp3) is 0.381. The maximum Gasteiger partial charge on any atom is 0.313 e. The first-order valence-electron chi connectivity index (χ1n) is 8.52. The Labute approximate surface area is 135 Å². The van der Waals surface area contributed by atoms with Gasteiger partial charge in [-0.15, -0.1) is 0 Å². The van der Waals surface area contributed by atoms with Gasteiger partial charge in [0.25, 0.3) is 0 Å². The van der Waals surface area contributed by atoms with Crippen molar-refractivity contribution in [1.29, 1.82) is 0 Å². The molecule has 2 aromatic rings. The van der Waals surface area contributed by atoms with Crippen LogP contribution in [0.5, 0.6) is 0 Å². The van der Waals surface area contributed by atoms with Crippen LogP contribution in [0.1, 0.15) is 12.0 Å². The lowest BCUT2D eigenvalue weighted by molar-refractivity contribution is -0.152. The molecule has 0 aliphatic heterocycles. The summed E-state index contributed by atoms with van der Waals surface area (Å²) in [5.74, 6) is 2.79. The first kappa shape index (κ1) is 12.3. The van der Waals surface area contributed by atoms with E-state index >= 15 is 0 Å². The average molecular weight is 302 g/mol. The second kappa shape index (κ2) is 3.53. The summed E-state index contributed by atoms with van der Waals surface area (Å²) in [4.78, 5) is 12.5. The fourth-order valence-electron chi connectivity index (χ4n) is 6.89. The van der Waals surface area contributed by atoms with Gasteiger partial charge in [0.05, 0.1) is 12.5 Å². The molecule has 2 bridgehead atoms. The molecule has 0 spiro atoms. The molecule has 5 saturated carbocycles. The normalized spacial score (nSPS) is 43.3. The van der Waals surface area contributed by atoms with E-state index < -0.39 is 0 Å². The average Bonchev–Trinajstić information content (AvgIpc) is 3.26. The summed E-state index contributed by atoms with van der Waals surface area (Å²) >= 11 is 0. The van der Waals surface area contributed by atoms with Crippen molar-refractivity contribution >= 4 is 5.97 Å². The first-order valence-corrected chi connectivity index (χ1v) is 8.52. The number of hydrogen-bond donors (Lipinski definition) is 0. The molecule has 114 valence electrons. The summed E-state index contributed by atoms with van der Waals surface area (Å²) in [6, 6.07) is 19.4. The second-order valence-corrected chi connectivity index (χ2v) is 7.67. The van der Waals surface area contributed by atoms with Gasteiger partial charge >= 0.3 is 5.97 Å². The molecule has 23 heavy (non-hydrogen) atoms. The zero-order chi connectivity index (χ0) is 15.4. The summed E-state index contributed by atoms with van der Waals surface area (Å²) in [5.41, 5.74) is 3.84. The number of benzene rings is 2. The van der Waals surface area contributed by atoms with E-state index in [0.717, 1.165) is 11.8 Å². The Hall–Kier alpha value is -2.09. The lowest BCUT2D eigenvalue weighted by Gasteiger charge is -2.34. The number of rotatable bonds is 3. The van der Waals surface area contributed by atoms with Crippen molar-refractivity contribution in [3.63, 3.8) is 0 Å². The van der Waals surface area contributed by atoms with E-state index in [2.05, 4.69) is 48.5 Å². The van der Waals surface area contributed by atoms with E-state index in [1.807, 2.05) is 6.07 Å². The lowest BCUT2D eigenvalue weighted by Crippen LogP contribution is -2.42. The maximum atomic E-state index is 12.5. The first-order chi connectivity index (χ1) is 11.3. The number of hydrogen-bond acceptors (Lipinski definition) is 2. The fourth-order valence-corrected chi connectivity index (χ4v) is 6.89. The van der Waals surface area contributed by atoms with Crippen LogP contribution in [0.25, 0.3) is 11.1 Å². The minimum atomic E-state index is -0.147. The second-order valence-electron chi connectivity index (χ2n) is 7.67. The van der Waals surface area contributed by atoms with E-state index in [4.69, 9.17) is 4.74 Å². The third-order valence-corrected chi connectivity index (χ3v) is 7.44. The monoisotopic (exact) mass is 302 g/mol. The predicted octanol–water partition coefficient (Wildman–Crippen LogP) is 3.66. The molecule has 0 heterocycles. The SMILES string of the molecule is COC(=O)C12C3CC4C(C31)C42c1ccc(-c2ccccc2)cc1. The van der Waals surface area contributed by atoms with Crippen LogP contribution in [-0.4, -0.2) is 13.1 Å².